The van der Waals surface area contributed by atoms with Crippen molar-refractivity contribution in [1.29, 1.82) is 0 Å². The van der Waals surface area contributed by atoms with Gasteiger partial charge in [0.1, 0.15) is 0 Å². The number of ketones is 4. The quantitative estimate of drug-likeness (QED) is 0.771. The molecule has 0 spiro atoms. The highest BCUT2D eigenvalue weighted by Gasteiger charge is 2.33. The molecule has 0 saturated heterocycles. The van der Waals surface area contributed by atoms with Crippen molar-refractivity contribution >= 4 is 23.1 Å². The lowest BCUT2D eigenvalue weighted by Crippen LogP contribution is -2.23. The molecule has 2 aliphatic rings. The summed E-state index contributed by atoms with van der Waals surface area (Å²) in [4.78, 5) is 44.5. The van der Waals surface area contributed by atoms with Gasteiger partial charge in [-0.25, -0.2) is 0 Å². The summed E-state index contributed by atoms with van der Waals surface area (Å²) < 4.78 is 9.84. The second kappa shape index (κ2) is 7.32. The number of hydrogen-bond donors (Lipinski definition) is 0. The van der Waals surface area contributed by atoms with Gasteiger partial charge >= 0.3 is 0 Å². The molecule has 0 N–H and O–H groups in total. The van der Waals surface area contributed by atoms with Crippen LogP contribution in [0, 0.1) is 0 Å². The molecular formula is C18H14O6. The van der Waals surface area contributed by atoms with Crippen molar-refractivity contribution in [3.8, 4) is 0 Å². The molecule has 0 unspecified atom stereocenters. The Labute approximate surface area is 138 Å². The van der Waals surface area contributed by atoms with Gasteiger partial charge in [-0.15, -0.1) is 0 Å². The van der Waals surface area contributed by atoms with Crippen LogP contribution in [0.3, 0.4) is 0 Å². The summed E-state index contributed by atoms with van der Waals surface area (Å²) in [6.07, 6.45) is 5.01. The van der Waals surface area contributed by atoms with Crippen LogP contribution in [0.1, 0.15) is 20.7 Å². The van der Waals surface area contributed by atoms with Gasteiger partial charge in [-0.1, -0.05) is 24.3 Å². The van der Waals surface area contributed by atoms with E-state index in [2.05, 4.69) is 0 Å². The topological polar surface area (TPSA) is 86.7 Å². The lowest BCUT2D eigenvalue weighted by Gasteiger charge is -2.18. The Hall–Kier alpha value is -3.28. The summed E-state index contributed by atoms with van der Waals surface area (Å²) in [5.74, 6) is -0.962. The van der Waals surface area contributed by atoms with Gasteiger partial charge in [-0.05, 0) is 24.3 Å². The van der Waals surface area contributed by atoms with E-state index in [1.807, 2.05) is 0 Å². The molecular weight excluding hydrogens is 312 g/mol. The zero-order chi connectivity index (χ0) is 17.7. The third-order valence-corrected chi connectivity index (χ3v) is 3.27. The van der Waals surface area contributed by atoms with E-state index < -0.39 is 0 Å². The van der Waals surface area contributed by atoms with Gasteiger partial charge in [0.05, 0.1) is 14.2 Å². The number of carbonyl (C=O) groups is 4. The molecule has 122 valence electrons. The first kappa shape index (κ1) is 17.1. The number of fused-ring (bicyclic) bond motifs is 1. The molecule has 2 aliphatic carbocycles. The fraction of sp³-hybridized carbons (Fsp3) is 0.111. The van der Waals surface area contributed by atoms with E-state index in [4.69, 9.17) is 9.47 Å². The zero-order valence-electron chi connectivity index (χ0n) is 13.1. The summed E-state index contributed by atoms with van der Waals surface area (Å²) in [5, 5.41) is 0. The van der Waals surface area contributed by atoms with E-state index in [1.54, 1.807) is 24.3 Å². The minimum Gasteiger partial charge on any atom is -0.489 e. The van der Waals surface area contributed by atoms with E-state index in [0.717, 1.165) is 0 Å². The summed E-state index contributed by atoms with van der Waals surface area (Å²) in [5.41, 5.74) is 0.704. The third kappa shape index (κ3) is 3.38. The number of methoxy groups -OCH3 is 2. The van der Waals surface area contributed by atoms with Gasteiger partial charge in [0.25, 0.3) is 0 Å². The van der Waals surface area contributed by atoms with Crippen molar-refractivity contribution in [3.05, 3.63) is 71.2 Å². The molecule has 0 heterocycles. The van der Waals surface area contributed by atoms with E-state index in [0.29, 0.717) is 11.1 Å². The van der Waals surface area contributed by atoms with Crippen molar-refractivity contribution in [1.82, 2.24) is 0 Å². The second-order valence-corrected chi connectivity index (χ2v) is 4.74. The predicted octanol–water partition coefficient (Wildman–Crippen LogP) is 1.82. The average molecular weight is 326 g/mol. The maximum Gasteiger partial charge on any atom is 0.232 e. The summed E-state index contributed by atoms with van der Waals surface area (Å²) >= 11 is 0. The molecule has 0 saturated carbocycles. The number of benzene rings is 1. The highest BCUT2D eigenvalue weighted by molar-refractivity contribution is 6.25. The van der Waals surface area contributed by atoms with Gasteiger partial charge in [-0.3, -0.25) is 19.2 Å². The fourth-order valence-electron chi connectivity index (χ4n) is 2.14. The predicted molar refractivity (Wildman–Crippen MR) is 84.4 cm³/mol. The smallest absolute Gasteiger partial charge is 0.232 e. The number of ether oxygens (including phenoxy) is 2. The maximum absolute atomic E-state index is 11.9. The largest absolute Gasteiger partial charge is 0.489 e. The first-order valence-corrected chi connectivity index (χ1v) is 6.94. The van der Waals surface area contributed by atoms with E-state index >= 15 is 0 Å². The number of rotatable bonds is 2. The van der Waals surface area contributed by atoms with Crippen LogP contribution in [0.25, 0.3) is 0 Å². The first-order chi connectivity index (χ1) is 11.5. The van der Waals surface area contributed by atoms with E-state index in [9.17, 15) is 19.2 Å². The second-order valence-electron chi connectivity index (χ2n) is 4.74. The van der Waals surface area contributed by atoms with Crippen molar-refractivity contribution in [2.45, 2.75) is 0 Å². The number of allylic oxidation sites excluding steroid dienone is 6. The molecule has 0 atom stereocenters. The minimum atomic E-state index is -0.324. The van der Waals surface area contributed by atoms with Crippen LogP contribution in [0.4, 0.5) is 0 Å². The van der Waals surface area contributed by atoms with Crippen LogP contribution in [-0.2, 0) is 19.1 Å². The highest BCUT2D eigenvalue weighted by atomic mass is 16.5. The van der Waals surface area contributed by atoms with Gasteiger partial charge in [0.15, 0.2) is 11.6 Å². The van der Waals surface area contributed by atoms with Gasteiger partial charge in [-0.2, -0.15) is 0 Å². The van der Waals surface area contributed by atoms with Crippen LogP contribution in [0.5, 0.6) is 0 Å². The summed E-state index contributed by atoms with van der Waals surface area (Å²) in [7, 11) is 2.68. The maximum atomic E-state index is 11.9. The van der Waals surface area contributed by atoms with E-state index in [-0.39, 0.29) is 34.7 Å². The van der Waals surface area contributed by atoms with Crippen molar-refractivity contribution in [3.63, 3.8) is 0 Å². The molecule has 1 aromatic carbocycles. The lowest BCUT2D eigenvalue weighted by atomic mass is 9.92. The Kier molecular flexibility index (Phi) is 5.21. The minimum absolute atomic E-state index is 0.0359. The monoisotopic (exact) mass is 326 g/mol. The van der Waals surface area contributed by atoms with Gasteiger partial charge in [0, 0.05) is 11.1 Å². The normalized spacial score (nSPS) is 15.8. The molecule has 0 bridgehead atoms. The van der Waals surface area contributed by atoms with Crippen LogP contribution < -0.4 is 0 Å². The molecule has 24 heavy (non-hydrogen) atoms. The van der Waals surface area contributed by atoms with Gasteiger partial charge < -0.3 is 9.47 Å². The van der Waals surface area contributed by atoms with Crippen LogP contribution in [0.2, 0.25) is 0 Å². The van der Waals surface area contributed by atoms with Crippen LogP contribution in [-0.4, -0.2) is 37.4 Å². The number of Topliss-reactive ketones (excluding diaryl/α,β-unsaturated/α-hetero) is 2. The first-order valence-electron chi connectivity index (χ1n) is 6.94. The van der Waals surface area contributed by atoms with Crippen LogP contribution in [0.15, 0.2) is 60.1 Å². The fourth-order valence-corrected chi connectivity index (χ4v) is 2.14. The van der Waals surface area contributed by atoms with Gasteiger partial charge in [0.2, 0.25) is 23.1 Å². The highest BCUT2D eigenvalue weighted by Crippen LogP contribution is 2.26. The molecule has 6 heteroatoms. The molecule has 1 aromatic rings. The summed E-state index contributed by atoms with van der Waals surface area (Å²) in [6, 6.07) is 6.60. The molecule has 0 aliphatic heterocycles. The molecule has 0 amide bonds. The summed E-state index contributed by atoms with van der Waals surface area (Å²) in [6.45, 7) is 0. The van der Waals surface area contributed by atoms with Crippen molar-refractivity contribution in [2.24, 2.45) is 0 Å². The third-order valence-electron chi connectivity index (χ3n) is 3.27. The van der Waals surface area contributed by atoms with E-state index in [1.165, 1.54) is 38.5 Å². The Morgan fingerprint density at radius 2 is 0.958 bits per heavy atom. The Bertz CT molecular complexity index is 728. The molecule has 0 fully saturated rings. The Balaban J connectivity index is 0.000000219. The molecule has 0 radical (unpaired) electrons. The zero-order valence-corrected chi connectivity index (χ0v) is 13.1. The molecule has 6 nitrogen and oxygen atoms in total. The Morgan fingerprint density at radius 3 is 1.25 bits per heavy atom. The molecule has 0 aromatic heterocycles. The standard InChI is InChI=1S/C12H10O4.C6H4O2/c1-15-11-9(13)7-5-3-4-6-8(7)10(14)12(11)16-2;7-5-1-2-6(8)4-3-5/h3-6H,1-2H3;1-4H. The lowest BCUT2D eigenvalue weighted by molar-refractivity contribution is -0.113. The number of carbonyl (C=O) groups excluding carboxylic acids is 4. The average Bonchev–Trinajstić information content (AvgIpc) is 2.61. The van der Waals surface area contributed by atoms with Crippen LogP contribution >= 0.6 is 0 Å². The number of hydrogen-bond acceptors (Lipinski definition) is 6. The van der Waals surface area contributed by atoms with Crippen molar-refractivity contribution < 1.29 is 28.7 Å². The van der Waals surface area contributed by atoms with Crippen molar-refractivity contribution in [2.75, 3.05) is 14.2 Å². The molecule has 3 rings (SSSR count). The Morgan fingerprint density at radius 1 is 0.625 bits per heavy atom. The SMILES string of the molecule is COC1=C(OC)C(=O)c2ccccc2C1=O.O=C1C=CC(=O)C=C1.